The molecule has 6 atom stereocenters. The summed E-state index contributed by atoms with van der Waals surface area (Å²) in [5, 5.41) is 11.7. The van der Waals surface area contributed by atoms with Crippen molar-refractivity contribution in [3.63, 3.8) is 0 Å². The molecule has 3 aliphatic carbocycles. The molecule has 1 saturated carbocycles. The van der Waals surface area contributed by atoms with Crippen molar-refractivity contribution < 1.29 is 29.0 Å². The highest BCUT2D eigenvalue weighted by molar-refractivity contribution is 6.31. The number of hydrogen-bond acceptors (Lipinski definition) is 6. The predicted octanol–water partition coefficient (Wildman–Crippen LogP) is 5.25. The fourth-order valence-corrected chi connectivity index (χ4v) is 8.42. The van der Waals surface area contributed by atoms with Crippen LogP contribution in [0.4, 0.5) is 0 Å². The first-order valence-corrected chi connectivity index (χ1v) is 15.2. The maximum atomic E-state index is 15.0. The number of phenolic OH excluding ortho intramolecular Hbond substituents is 1. The maximum Gasteiger partial charge on any atom is 0.233 e. The van der Waals surface area contributed by atoms with E-state index < -0.39 is 35.0 Å². The average Bonchev–Trinajstić information content (AvgIpc) is 3.27. The minimum Gasteiger partial charge on any atom is -0.504 e. The lowest BCUT2D eigenvalue weighted by atomic mass is 9.44. The van der Waals surface area contributed by atoms with Crippen LogP contribution >= 0.6 is 0 Å². The zero-order valence-electron chi connectivity index (χ0n) is 24.6. The number of likely N-dealkylation sites (tertiary alicyclic amines) is 1. The van der Waals surface area contributed by atoms with E-state index in [4.69, 9.17) is 4.74 Å². The third-order valence-electron chi connectivity index (χ3n) is 10.2. The van der Waals surface area contributed by atoms with E-state index in [0.717, 1.165) is 5.57 Å². The summed E-state index contributed by atoms with van der Waals surface area (Å²) in [6.45, 7) is 2.15. The van der Waals surface area contributed by atoms with Gasteiger partial charge in [0.2, 0.25) is 11.8 Å². The number of amides is 2. The molecule has 4 aliphatic rings. The molecule has 222 valence electrons. The Morgan fingerprint density at radius 1 is 0.886 bits per heavy atom. The van der Waals surface area contributed by atoms with Gasteiger partial charge in [0.05, 0.1) is 23.9 Å². The summed E-state index contributed by atoms with van der Waals surface area (Å²) in [5.41, 5.74) is 1.53. The number of Topliss-reactive ketones (excluding diaryl/α,β-unsaturated/α-hetero) is 1. The molecule has 2 amide bonds. The molecule has 44 heavy (non-hydrogen) atoms. The second-order valence-electron chi connectivity index (χ2n) is 12.1. The van der Waals surface area contributed by atoms with Crippen LogP contribution < -0.4 is 4.74 Å². The fraction of sp³-hybridized carbons (Fsp3) is 0.297. The molecule has 1 N–H and O–H groups in total. The highest BCUT2D eigenvalue weighted by Crippen LogP contribution is 2.64. The van der Waals surface area contributed by atoms with Crippen LogP contribution in [0.15, 0.2) is 96.6 Å². The van der Waals surface area contributed by atoms with Gasteiger partial charge >= 0.3 is 0 Å². The summed E-state index contributed by atoms with van der Waals surface area (Å²) in [5.74, 6) is -3.98. The van der Waals surface area contributed by atoms with Gasteiger partial charge in [-0.25, -0.2) is 0 Å². The molecule has 0 bridgehead atoms. The van der Waals surface area contributed by atoms with E-state index in [1.807, 2.05) is 73.7 Å². The number of aromatic hydroxyl groups is 1. The zero-order valence-corrected chi connectivity index (χ0v) is 24.6. The smallest absolute Gasteiger partial charge is 0.233 e. The molecule has 7 rings (SSSR count). The molecule has 0 spiro atoms. The van der Waals surface area contributed by atoms with Crippen LogP contribution in [0.2, 0.25) is 0 Å². The molecule has 1 heterocycles. The number of nitrogens with zero attached hydrogens (tertiary/aromatic N) is 1. The van der Waals surface area contributed by atoms with Gasteiger partial charge in [-0.2, -0.15) is 0 Å². The molecule has 1 saturated heterocycles. The van der Waals surface area contributed by atoms with E-state index in [2.05, 4.69) is 0 Å². The van der Waals surface area contributed by atoms with Crippen LogP contribution in [-0.2, 0) is 24.6 Å². The SMILES string of the molecule is CCOc1cccc([C@H]2C3=CC[C@@H]4C(=O)N(C)C(=O)[C@@H]4[C@@H]3C[C@H]3C(=O)C(c4ccccc4)=CC(=O)[C@@]23c2ccccc2)c1O. The fourth-order valence-electron chi connectivity index (χ4n) is 8.42. The van der Waals surface area contributed by atoms with Crippen molar-refractivity contribution in [2.75, 3.05) is 13.7 Å². The van der Waals surface area contributed by atoms with Crippen LogP contribution in [0.25, 0.3) is 5.57 Å². The molecule has 0 aromatic heterocycles. The van der Waals surface area contributed by atoms with Gasteiger partial charge in [0, 0.05) is 30.0 Å². The lowest BCUT2D eigenvalue weighted by Gasteiger charge is -2.55. The molecule has 2 fully saturated rings. The minimum atomic E-state index is -1.40. The topological polar surface area (TPSA) is 101 Å². The summed E-state index contributed by atoms with van der Waals surface area (Å²) in [6, 6.07) is 23.7. The average molecular weight is 588 g/mol. The Morgan fingerprint density at radius 2 is 1.59 bits per heavy atom. The van der Waals surface area contributed by atoms with Crippen molar-refractivity contribution >= 4 is 29.0 Å². The maximum absolute atomic E-state index is 15.0. The standard InChI is InChI=1S/C37H33NO6/c1-3-44-29-16-10-15-25(34(29)41)32-23-17-18-24-31(36(43)38(2)35(24)42)27(23)19-28-33(40)26(21-11-6-4-7-12-21)20-30(39)37(28,32)22-13-8-5-9-14-22/h4-17,20,24,27-28,31-32,41H,3,18-19H2,1-2H3/t24-,27+,28-,31-,32+,37-/m0/s1. The Kier molecular flexibility index (Phi) is 6.65. The Bertz CT molecular complexity index is 1760. The molecule has 3 aromatic carbocycles. The number of carbonyl (C=O) groups is 4. The van der Waals surface area contributed by atoms with Gasteiger partial charge in [-0.15, -0.1) is 0 Å². The van der Waals surface area contributed by atoms with Crippen LogP contribution in [0.1, 0.15) is 42.4 Å². The number of hydrogen-bond donors (Lipinski definition) is 1. The minimum absolute atomic E-state index is 0.0962. The third kappa shape index (κ3) is 3.81. The number of ether oxygens (including phenoxy) is 1. The van der Waals surface area contributed by atoms with Gasteiger partial charge in [-0.3, -0.25) is 24.1 Å². The van der Waals surface area contributed by atoms with Gasteiger partial charge in [-0.05, 0) is 49.0 Å². The van der Waals surface area contributed by atoms with Crippen molar-refractivity contribution in [3.05, 3.63) is 113 Å². The number of para-hydroxylation sites is 1. The Balaban J connectivity index is 1.54. The molecule has 7 heteroatoms. The second-order valence-corrected chi connectivity index (χ2v) is 12.1. The number of ketones is 2. The van der Waals surface area contributed by atoms with Gasteiger partial charge in [0.1, 0.15) is 0 Å². The number of rotatable bonds is 5. The monoisotopic (exact) mass is 587 g/mol. The lowest BCUT2D eigenvalue weighted by Crippen LogP contribution is -2.58. The largest absolute Gasteiger partial charge is 0.504 e. The molecule has 1 aliphatic heterocycles. The normalized spacial score (nSPS) is 29.4. The summed E-state index contributed by atoms with van der Waals surface area (Å²) < 4.78 is 5.78. The Hall–Kier alpha value is -4.78. The van der Waals surface area contributed by atoms with E-state index in [9.17, 15) is 24.3 Å². The first-order valence-electron chi connectivity index (χ1n) is 15.2. The van der Waals surface area contributed by atoms with Gasteiger partial charge in [-0.1, -0.05) is 84.4 Å². The Morgan fingerprint density at radius 3 is 2.30 bits per heavy atom. The van der Waals surface area contributed by atoms with Gasteiger partial charge < -0.3 is 9.84 Å². The van der Waals surface area contributed by atoms with E-state index in [0.29, 0.717) is 35.3 Å². The summed E-state index contributed by atoms with van der Waals surface area (Å²) in [4.78, 5) is 57.8. The number of imide groups is 1. The molecular weight excluding hydrogens is 554 g/mol. The zero-order chi connectivity index (χ0) is 30.7. The Labute approximate surface area is 255 Å². The highest BCUT2D eigenvalue weighted by Gasteiger charge is 2.66. The molecule has 0 unspecified atom stereocenters. The summed E-state index contributed by atoms with van der Waals surface area (Å²) in [7, 11) is 1.51. The molecule has 7 nitrogen and oxygen atoms in total. The first-order chi connectivity index (χ1) is 21.3. The predicted molar refractivity (Wildman–Crippen MR) is 164 cm³/mol. The van der Waals surface area contributed by atoms with Crippen LogP contribution in [-0.4, -0.2) is 47.0 Å². The van der Waals surface area contributed by atoms with Crippen LogP contribution in [0.3, 0.4) is 0 Å². The van der Waals surface area contributed by atoms with Crippen molar-refractivity contribution in [3.8, 4) is 11.5 Å². The second kappa shape index (κ2) is 10.4. The van der Waals surface area contributed by atoms with Crippen LogP contribution in [0, 0.1) is 23.7 Å². The summed E-state index contributed by atoms with van der Waals surface area (Å²) >= 11 is 0. The molecular formula is C37H33NO6. The van der Waals surface area contributed by atoms with Crippen molar-refractivity contribution in [1.82, 2.24) is 4.90 Å². The van der Waals surface area contributed by atoms with E-state index in [-0.39, 0.29) is 41.3 Å². The van der Waals surface area contributed by atoms with Gasteiger partial charge in [0.25, 0.3) is 0 Å². The molecule has 3 aromatic rings. The van der Waals surface area contributed by atoms with Crippen molar-refractivity contribution in [2.24, 2.45) is 23.7 Å². The van der Waals surface area contributed by atoms with E-state index >= 15 is 0 Å². The highest BCUT2D eigenvalue weighted by atomic mass is 16.5. The number of fused-ring (bicyclic) bond motifs is 4. The first kappa shape index (κ1) is 28.0. The number of allylic oxidation sites excluding steroid dienone is 4. The number of carbonyl (C=O) groups excluding carboxylic acids is 4. The van der Waals surface area contributed by atoms with Crippen LogP contribution in [0.5, 0.6) is 11.5 Å². The van der Waals surface area contributed by atoms with E-state index in [1.54, 1.807) is 18.2 Å². The lowest BCUT2D eigenvalue weighted by molar-refractivity contribution is -0.139. The quantitative estimate of drug-likeness (QED) is 0.324. The number of benzene rings is 3. The summed E-state index contributed by atoms with van der Waals surface area (Å²) in [6.07, 6.45) is 4.04. The van der Waals surface area contributed by atoms with Gasteiger partial charge in [0.15, 0.2) is 23.1 Å². The van der Waals surface area contributed by atoms with Crippen molar-refractivity contribution in [2.45, 2.75) is 31.1 Å². The number of phenols is 1. The van der Waals surface area contributed by atoms with Crippen molar-refractivity contribution in [1.29, 1.82) is 0 Å². The van der Waals surface area contributed by atoms with E-state index in [1.165, 1.54) is 18.0 Å². The molecule has 0 radical (unpaired) electrons. The third-order valence-corrected chi connectivity index (χ3v) is 10.2.